The van der Waals surface area contributed by atoms with E-state index in [0.29, 0.717) is 16.8 Å². The molecule has 0 fully saturated rings. The second kappa shape index (κ2) is 6.94. The van der Waals surface area contributed by atoms with Gasteiger partial charge in [0, 0.05) is 10.0 Å². The molecule has 0 aliphatic rings. The number of carbonyl (C=O) groups is 1. The molecule has 1 N–H and O–H groups in total. The number of methoxy groups -OCH3 is 1. The molecule has 3 aromatic rings. The molecule has 0 saturated heterocycles. The monoisotopic (exact) mass is 387 g/mol. The molecule has 0 spiro atoms. The SMILES string of the molecule is COC(=O)c1ccc(-n2cc(C(O)c3ccccc3Br)nn2)cc1. The fourth-order valence-electron chi connectivity index (χ4n) is 2.25. The van der Waals surface area contributed by atoms with Crippen LogP contribution in [0.15, 0.2) is 59.2 Å². The summed E-state index contributed by atoms with van der Waals surface area (Å²) >= 11 is 3.42. The van der Waals surface area contributed by atoms with E-state index in [4.69, 9.17) is 0 Å². The standard InChI is InChI=1S/C17H14BrN3O3/c1-24-17(23)11-6-8-12(9-7-11)21-10-15(19-20-21)16(22)13-4-2-3-5-14(13)18/h2-10,16,22H,1H3. The molecule has 0 amide bonds. The average molecular weight is 388 g/mol. The number of carbonyl (C=O) groups excluding carboxylic acids is 1. The third-order valence-corrected chi connectivity index (χ3v) is 4.27. The zero-order chi connectivity index (χ0) is 17.1. The van der Waals surface area contributed by atoms with Crippen LogP contribution < -0.4 is 0 Å². The Bertz CT molecular complexity index is 862. The first-order valence-corrected chi connectivity index (χ1v) is 7.93. The number of ether oxygens (including phenoxy) is 1. The van der Waals surface area contributed by atoms with Gasteiger partial charge in [0.05, 0.1) is 24.6 Å². The summed E-state index contributed by atoms with van der Waals surface area (Å²) in [5.41, 5.74) is 2.32. The van der Waals surface area contributed by atoms with Crippen molar-refractivity contribution in [1.29, 1.82) is 0 Å². The number of aromatic nitrogens is 3. The van der Waals surface area contributed by atoms with Gasteiger partial charge in [0.15, 0.2) is 0 Å². The fraction of sp³-hybridized carbons (Fsp3) is 0.118. The summed E-state index contributed by atoms with van der Waals surface area (Å²) < 4.78 is 7.00. The van der Waals surface area contributed by atoms with E-state index < -0.39 is 12.1 Å². The molecule has 0 aliphatic heterocycles. The molecule has 7 heteroatoms. The molecule has 0 saturated carbocycles. The van der Waals surface area contributed by atoms with Gasteiger partial charge in [0.1, 0.15) is 11.8 Å². The Hall–Kier alpha value is -2.51. The van der Waals surface area contributed by atoms with Crippen molar-refractivity contribution in [2.75, 3.05) is 7.11 Å². The Morgan fingerprint density at radius 1 is 1.21 bits per heavy atom. The predicted octanol–water partition coefficient (Wildman–Crippen LogP) is 2.90. The zero-order valence-corrected chi connectivity index (χ0v) is 14.3. The van der Waals surface area contributed by atoms with Crippen LogP contribution in [0.4, 0.5) is 0 Å². The van der Waals surface area contributed by atoms with Gasteiger partial charge < -0.3 is 9.84 Å². The number of halogens is 1. The number of hydrogen-bond acceptors (Lipinski definition) is 5. The third-order valence-electron chi connectivity index (χ3n) is 3.54. The summed E-state index contributed by atoms with van der Waals surface area (Å²) in [5, 5.41) is 18.5. The third kappa shape index (κ3) is 3.22. The van der Waals surface area contributed by atoms with Gasteiger partial charge in [-0.1, -0.05) is 39.3 Å². The van der Waals surface area contributed by atoms with Crippen LogP contribution in [-0.4, -0.2) is 33.2 Å². The number of hydrogen-bond donors (Lipinski definition) is 1. The number of nitrogens with zero attached hydrogens (tertiary/aromatic N) is 3. The van der Waals surface area contributed by atoms with Crippen molar-refractivity contribution < 1.29 is 14.6 Å². The summed E-state index contributed by atoms with van der Waals surface area (Å²) in [7, 11) is 1.34. The first-order valence-electron chi connectivity index (χ1n) is 7.13. The molecule has 0 radical (unpaired) electrons. The van der Waals surface area contributed by atoms with Gasteiger partial charge in [0.2, 0.25) is 0 Å². The maximum atomic E-state index is 11.4. The summed E-state index contributed by atoms with van der Waals surface area (Å²) in [6.45, 7) is 0. The summed E-state index contributed by atoms with van der Waals surface area (Å²) in [4.78, 5) is 11.4. The second-order valence-electron chi connectivity index (χ2n) is 5.05. The van der Waals surface area contributed by atoms with E-state index in [1.54, 1.807) is 30.5 Å². The maximum Gasteiger partial charge on any atom is 0.337 e. The number of benzene rings is 2. The molecule has 0 aliphatic carbocycles. The average Bonchev–Trinajstić information content (AvgIpc) is 3.11. The first kappa shape index (κ1) is 16.4. The summed E-state index contributed by atoms with van der Waals surface area (Å²) in [5.74, 6) is -0.398. The topological polar surface area (TPSA) is 77.2 Å². The van der Waals surface area contributed by atoms with E-state index in [1.165, 1.54) is 11.8 Å². The van der Waals surface area contributed by atoms with Crippen LogP contribution >= 0.6 is 15.9 Å². The molecule has 3 rings (SSSR count). The van der Waals surface area contributed by atoms with Gasteiger partial charge >= 0.3 is 5.97 Å². The van der Waals surface area contributed by atoms with Gasteiger partial charge in [-0.25, -0.2) is 9.48 Å². The lowest BCUT2D eigenvalue weighted by atomic mass is 10.1. The van der Waals surface area contributed by atoms with Crippen molar-refractivity contribution in [3.63, 3.8) is 0 Å². The molecular weight excluding hydrogens is 374 g/mol. The lowest BCUT2D eigenvalue weighted by Gasteiger charge is -2.09. The molecule has 6 nitrogen and oxygen atoms in total. The van der Waals surface area contributed by atoms with Gasteiger partial charge in [-0.2, -0.15) is 0 Å². The van der Waals surface area contributed by atoms with Gasteiger partial charge in [-0.3, -0.25) is 0 Å². The summed E-state index contributed by atoms with van der Waals surface area (Å²) in [6, 6.07) is 14.2. The number of aliphatic hydroxyl groups excluding tert-OH is 1. The Morgan fingerprint density at radius 3 is 2.58 bits per heavy atom. The number of rotatable bonds is 4. The Morgan fingerprint density at radius 2 is 1.92 bits per heavy atom. The molecule has 1 unspecified atom stereocenters. The largest absolute Gasteiger partial charge is 0.465 e. The molecular formula is C17H14BrN3O3. The Balaban J connectivity index is 1.85. The maximum absolute atomic E-state index is 11.4. The Kier molecular flexibility index (Phi) is 4.73. The van der Waals surface area contributed by atoms with E-state index >= 15 is 0 Å². The van der Waals surface area contributed by atoms with Crippen molar-refractivity contribution in [3.05, 3.63) is 76.0 Å². The van der Waals surface area contributed by atoms with Crippen LogP contribution in [-0.2, 0) is 4.74 Å². The molecule has 2 aromatic carbocycles. The van der Waals surface area contributed by atoms with Crippen LogP contribution in [0.3, 0.4) is 0 Å². The van der Waals surface area contributed by atoms with Crippen LogP contribution in [0.1, 0.15) is 27.7 Å². The van der Waals surface area contributed by atoms with Crippen LogP contribution in [0.5, 0.6) is 0 Å². The molecule has 24 heavy (non-hydrogen) atoms. The smallest absolute Gasteiger partial charge is 0.337 e. The summed E-state index contributed by atoms with van der Waals surface area (Å²) in [6.07, 6.45) is 0.765. The van der Waals surface area contributed by atoms with Crippen molar-refractivity contribution in [2.24, 2.45) is 0 Å². The lowest BCUT2D eigenvalue weighted by molar-refractivity contribution is 0.0600. The van der Waals surface area contributed by atoms with Crippen molar-refractivity contribution in [2.45, 2.75) is 6.10 Å². The van der Waals surface area contributed by atoms with Crippen molar-refractivity contribution in [3.8, 4) is 5.69 Å². The molecule has 122 valence electrons. The molecule has 1 heterocycles. The van der Waals surface area contributed by atoms with E-state index in [1.807, 2.05) is 24.3 Å². The predicted molar refractivity (Wildman–Crippen MR) is 90.9 cm³/mol. The fourth-order valence-corrected chi connectivity index (χ4v) is 2.75. The molecule has 1 atom stereocenters. The Labute approximate surface area is 146 Å². The number of aliphatic hydroxyl groups is 1. The van der Waals surface area contributed by atoms with E-state index in [2.05, 4.69) is 31.0 Å². The first-order chi connectivity index (χ1) is 11.6. The minimum Gasteiger partial charge on any atom is -0.465 e. The highest BCUT2D eigenvalue weighted by Gasteiger charge is 2.17. The number of esters is 1. The highest BCUT2D eigenvalue weighted by Crippen LogP contribution is 2.27. The highest BCUT2D eigenvalue weighted by molar-refractivity contribution is 9.10. The van der Waals surface area contributed by atoms with E-state index in [-0.39, 0.29) is 0 Å². The van der Waals surface area contributed by atoms with Crippen molar-refractivity contribution >= 4 is 21.9 Å². The highest BCUT2D eigenvalue weighted by atomic mass is 79.9. The van der Waals surface area contributed by atoms with Crippen molar-refractivity contribution in [1.82, 2.24) is 15.0 Å². The normalized spacial score (nSPS) is 12.0. The van der Waals surface area contributed by atoms with Gasteiger partial charge in [-0.05, 0) is 30.3 Å². The molecule has 1 aromatic heterocycles. The second-order valence-corrected chi connectivity index (χ2v) is 5.90. The van der Waals surface area contributed by atoms with E-state index in [0.717, 1.165) is 10.2 Å². The molecule has 0 bridgehead atoms. The lowest BCUT2D eigenvalue weighted by Crippen LogP contribution is -2.02. The van der Waals surface area contributed by atoms with Crippen LogP contribution in [0.2, 0.25) is 0 Å². The van der Waals surface area contributed by atoms with E-state index in [9.17, 15) is 9.90 Å². The van der Waals surface area contributed by atoms with Crippen LogP contribution in [0.25, 0.3) is 5.69 Å². The minimum atomic E-state index is -0.885. The van der Waals surface area contributed by atoms with Crippen LogP contribution in [0, 0.1) is 0 Å². The quantitative estimate of drug-likeness (QED) is 0.696. The zero-order valence-electron chi connectivity index (χ0n) is 12.8. The van der Waals surface area contributed by atoms with Gasteiger partial charge in [0.25, 0.3) is 0 Å². The van der Waals surface area contributed by atoms with Gasteiger partial charge in [-0.15, -0.1) is 5.10 Å². The minimum absolute atomic E-state index is 0.398.